The van der Waals surface area contributed by atoms with E-state index in [0.717, 1.165) is 71.2 Å². The smallest absolute Gasteiger partial charge is 0.166 e. The van der Waals surface area contributed by atoms with Crippen molar-refractivity contribution in [1.29, 1.82) is 0 Å². The van der Waals surface area contributed by atoms with Gasteiger partial charge >= 0.3 is 0 Å². The predicted octanol–water partition coefficient (Wildman–Crippen LogP) is 16.2. The highest BCUT2D eigenvalue weighted by Gasteiger charge is 2.25. The Morgan fingerprint density at radius 1 is 0.385 bits per heavy atom. The van der Waals surface area contributed by atoms with Crippen LogP contribution in [0.2, 0.25) is 0 Å². The van der Waals surface area contributed by atoms with Crippen molar-refractivity contribution >= 4 is 96.8 Å². The van der Waals surface area contributed by atoms with E-state index in [2.05, 4.69) is 193 Å². The van der Waals surface area contributed by atoms with Crippen molar-refractivity contribution in [1.82, 2.24) is 19.5 Å². The fourth-order valence-corrected chi connectivity index (χ4v) is 11.2. The van der Waals surface area contributed by atoms with Crippen molar-refractivity contribution in [3.63, 3.8) is 0 Å². The van der Waals surface area contributed by atoms with Crippen molar-refractivity contribution in [3.05, 3.63) is 206 Å². The number of fused-ring (bicyclic) bond motifs is 11. The van der Waals surface area contributed by atoms with Gasteiger partial charge < -0.3 is 8.98 Å². The number of aromatic nitrogens is 4. The van der Waals surface area contributed by atoms with Gasteiger partial charge in [-0.3, -0.25) is 0 Å². The van der Waals surface area contributed by atoms with Crippen LogP contribution in [0.4, 0.5) is 0 Å². The Balaban J connectivity index is 1.11. The van der Waals surface area contributed by atoms with Crippen LogP contribution in [0.5, 0.6) is 0 Å². The molecule has 0 atom stereocenters. The third kappa shape index (κ3) is 5.61. The molecule has 302 valence electrons. The maximum absolute atomic E-state index is 6.67. The fourth-order valence-electron chi connectivity index (χ4n) is 9.97. The quantitative estimate of drug-likeness (QED) is 0.173. The molecule has 14 aromatic rings. The molecule has 0 aliphatic heterocycles. The third-order valence-corrected chi connectivity index (χ3v) is 14.2. The monoisotopic (exact) mass is 846 g/mol. The Morgan fingerprint density at radius 3 is 1.69 bits per heavy atom. The SMILES string of the molecule is c1ccc(-c2ccc(-c3nc(-c4cccc5c4sc4ccccc45)nc(-c4c(-n5c6cc7ccccc7cc6c6cc7ccccc7cc65)ccc5oc6ccccc6c45)n3)cc2)cc1. The molecule has 10 aromatic carbocycles. The molecule has 0 radical (unpaired) electrons. The summed E-state index contributed by atoms with van der Waals surface area (Å²) in [5.74, 6) is 1.78. The first-order valence-electron chi connectivity index (χ1n) is 21.8. The summed E-state index contributed by atoms with van der Waals surface area (Å²) in [4.78, 5) is 16.5. The van der Waals surface area contributed by atoms with Crippen molar-refractivity contribution < 1.29 is 4.42 Å². The highest BCUT2D eigenvalue weighted by atomic mass is 32.1. The van der Waals surface area contributed by atoms with Crippen LogP contribution in [0.3, 0.4) is 0 Å². The molecular weight excluding hydrogens is 813 g/mol. The molecule has 5 nitrogen and oxygen atoms in total. The summed E-state index contributed by atoms with van der Waals surface area (Å²) in [6.07, 6.45) is 0. The standard InChI is InChI=1S/C59H34N4OS/c1-2-13-35(14-3-1)36-25-27-37(28-26-36)57-60-58(45-22-12-21-43-42-19-9-11-24-53(42)65-56(43)45)62-59(61-57)55-48(29-30-52-54(55)44-20-8-10-23-51(44)64-52)63-49-33-40-17-6-4-15-38(40)31-46(49)47-32-39-16-5-7-18-41(39)34-50(47)63/h1-34H. The van der Waals surface area contributed by atoms with E-state index in [1.165, 1.54) is 47.8 Å². The van der Waals surface area contributed by atoms with Crippen LogP contribution in [0.1, 0.15) is 0 Å². The van der Waals surface area contributed by atoms with Gasteiger partial charge in [-0.1, -0.05) is 152 Å². The van der Waals surface area contributed by atoms with E-state index in [1.54, 1.807) is 11.3 Å². The lowest BCUT2D eigenvalue weighted by molar-refractivity contribution is 0.669. The second kappa shape index (κ2) is 14.0. The van der Waals surface area contributed by atoms with Gasteiger partial charge in [0.05, 0.1) is 22.3 Å². The summed E-state index contributed by atoms with van der Waals surface area (Å²) < 4.78 is 11.5. The van der Waals surface area contributed by atoms with Crippen LogP contribution < -0.4 is 0 Å². The molecule has 0 amide bonds. The average Bonchev–Trinajstić information content (AvgIpc) is 4.04. The summed E-state index contributed by atoms with van der Waals surface area (Å²) in [7, 11) is 0. The van der Waals surface area contributed by atoms with Gasteiger partial charge in [0.1, 0.15) is 11.2 Å². The van der Waals surface area contributed by atoms with E-state index in [4.69, 9.17) is 19.4 Å². The lowest BCUT2D eigenvalue weighted by atomic mass is 10.0. The Morgan fingerprint density at radius 2 is 0.954 bits per heavy atom. The summed E-state index contributed by atoms with van der Waals surface area (Å²) in [5.41, 5.74) is 9.76. The number of para-hydroxylation sites is 1. The number of rotatable bonds is 5. The van der Waals surface area contributed by atoms with Gasteiger partial charge in [0, 0.05) is 52.8 Å². The minimum absolute atomic E-state index is 0.569. The zero-order valence-corrected chi connectivity index (χ0v) is 35.6. The van der Waals surface area contributed by atoms with Crippen molar-refractivity contribution in [2.75, 3.05) is 0 Å². The second-order valence-electron chi connectivity index (χ2n) is 16.7. The first-order chi connectivity index (χ1) is 32.2. The molecule has 0 unspecified atom stereocenters. The number of benzene rings is 10. The van der Waals surface area contributed by atoms with Gasteiger partial charge in [0.25, 0.3) is 0 Å². The zero-order valence-electron chi connectivity index (χ0n) is 34.7. The van der Waals surface area contributed by atoms with Crippen LogP contribution in [-0.2, 0) is 0 Å². The molecule has 0 spiro atoms. The normalized spacial score (nSPS) is 12.0. The average molecular weight is 847 g/mol. The van der Waals surface area contributed by atoms with Crippen molar-refractivity contribution in [3.8, 4) is 51.0 Å². The number of nitrogens with zero attached hydrogens (tertiary/aromatic N) is 4. The number of furan rings is 1. The van der Waals surface area contributed by atoms with Gasteiger partial charge in [-0.2, -0.15) is 0 Å². The largest absolute Gasteiger partial charge is 0.456 e. The number of hydrogen-bond donors (Lipinski definition) is 0. The Kier molecular flexibility index (Phi) is 7.79. The van der Waals surface area contributed by atoms with Gasteiger partial charge in [0.2, 0.25) is 0 Å². The fraction of sp³-hybridized carbons (Fsp3) is 0. The van der Waals surface area contributed by atoms with E-state index >= 15 is 0 Å². The third-order valence-electron chi connectivity index (χ3n) is 13.0. The van der Waals surface area contributed by atoms with E-state index in [1.807, 2.05) is 18.2 Å². The lowest BCUT2D eigenvalue weighted by Gasteiger charge is -2.16. The summed E-state index contributed by atoms with van der Waals surface area (Å²) in [6.45, 7) is 0. The zero-order chi connectivity index (χ0) is 42.6. The van der Waals surface area contributed by atoms with Gasteiger partial charge in [-0.05, 0) is 87.3 Å². The highest BCUT2D eigenvalue weighted by Crippen LogP contribution is 2.45. The van der Waals surface area contributed by atoms with Crippen LogP contribution in [0.15, 0.2) is 211 Å². The molecule has 0 bridgehead atoms. The van der Waals surface area contributed by atoms with E-state index in [9.17, 15) is 0 Å². The Hall–Kier alpha value is -8.45. The summed E-state index contributed by atoms with van der Waals surface area (Å²) >= 11 is 1.78. The molecule has 0 saturated heterocycles. The highest BCUT2D eigenvalue weighted by molar-refractivity contribution is 7.26. The van der Waals surface area contributed by atoms with Crippen LogP contribution in [-0.4, -0.2) is 19.5 Å². The number of hydrogen-bond acceptors (Lipinski definition) is 5. The van der Waals surface area contributed by atoms with Crippen LogP contribution in [0.25, 0.3) is 136 Å². The van der Waals surface area contributed by atoms with Gasteiger partial charge in [-0.15, -0.1) is 11.3 Å². The molecule has 4 aromatic heterocycles. The lowest BCUT2D eigenvalue weighted by Crippen LogP contribution is -2.04. The minimum Gasteiger partial charge on any atom is -0.456 e. The maximum atomic E-state index is 6.67. The molecule has 0 N–H and O–H groups in total. The summed E-state index contributed by atoms with van der Waals surface area (Å²) in [6, 6.07) is 73.3. The number of thiophene rings is 1. The topological polar surface area (TPSA) is 56.7 Å². The molecule has 14 rings (SSSR count). The molecule has 0 saturated carbocycles. The van der Waals surface area contributed by atoms with Crippen LogP contribution in [0, 0.1) is 0 Å². The Labute approximate surface area is 376 Å². The second-order valence-corrected chi connectivity index (χ2v) is 17.8. The van der Waals surface area contributed by atoms with Gasteiger partial charge in [0.15, 0.2) is 17.5 Å². The molecule has 0 aliphatic rings. The molecule has 65 heavy (non-hydrogen) atoms. The van der Waals surface area contributed by atoms with Crippen LogP contribution >= 0.6 is 11.3 Å². The summed E-state index contributed by atoms with van der Waals surface area (Å²) in [5, 5.41) is 11.5. The molecular formula is C59H34N4OS. The molecule has 4 heterocycles. The van der Waals surface area contributed by atoms with E-state index in [0.29, 0.717) is 17.5 Å². The van der Waals surface area contributed by atoms with E-state index in [-0.39, 0.29) is 0 Å². The van der Waals surface area contributed by atoms with E-state index < -0.39 is 0 Å². The van der Waals surface area contributed by atoms with Crippen molar-refractivity contribution in [2.24, 2.45) is 0 Å². The van der Waals surface area contributed by atoms with Crippen molar-refractivity contribution in [2.45, 2.75) is 0 Å². The molecule has 0 aliphatic carbocycles. The first-order valence-corrected chi connectivity index (χ1v) is 22.7. The first kappa shape index (κ1) is 36.1. The maximum Gasteiger partial charge on any atom is 0.166 e. The molecule has 6 heteroatoms. The predicted molar refractivity (Wildman–Crippen MR) is 271 cm³/mol. The minimum atomic E-state index is 0.569. The Bertz CT molecular complexity index is 4150. The molecule has 0 fully saturated rings. The van der Waals surface area contributed by atoms with Gasteiger partial charge in [-0.25, -0.2) is 15.0 Å².